The van der Waals surface area contributed by atoms with E-state index in [1.807, 2.05) is 0 Å². The summed E-state index contributed by atoms with van der Waals surface area (Å²) in [4.78, 5) is 11.6. The third-order valence-electron chi connectivity index (χ3n) is 1.99. The number of nitrogens with zero attached hydrogens (tertiary/aromatic N) is 1. The lowest BCUT2D eigenvalue weighted by molar-refractivity contribution is 0.262. The summed E-state index contributed by atoms with van der Waals surface area (Å²) in [6, 6.07) is 5.89. The summed E-state index contributed by atoms with van der Waals surface area (Å²) in [5, 5.41) is 9.60. The van der Waals surface area contributed by atoms with E-state index in [1.54, 1.807) is 31.2 Å². The number of urea groups is 1. The molecule has 0 radical (unpaired) electrons. The van der Waals surface area contributed by atoms with E-state index < -0.39 is 6.03 Å². The first-order chi connectivity index (χ1) is 8.52. The Bertz CT molecular complexity index is 563. The Kier molecular flexibility index (Phi) is 3.74. The Morgan fingerprint density at radius 1 is 1.17 bits per heavy atom. The first-order valence-electron chi connectivity index (χ1n) is 5.00. The molecule has 0 fully saturated rings. The summed E-state index contributed by atoms with van der Waals surface area (Å²) in [5.74, 6) is 0.939. The highest BCUT2D eigenvalue weighted by molar-refractivity contribution is 6.35. The fraction of sp³-hybridized carbons (Fsp3) is 0.0909. The molecule has 2 aromatic rings. The number of benzene rings is 1. The number of rotatable bonds is 2. The van der Waals surface area contributed by atoms with E-state index in [0.29, 0.717) is 27.3 Å². The topological polar surface area (TPSA) is 67.2 Å². The second-order valence-electron chi connectivity index (χ2n) is 3.56. The van der Waals surface area contributed by atoms with E-state index in [0.717, 1.165) is 0 Å². The Morgan fingerprint density at radius 2 is 1.83 bits per heavy atom. The SMILES string of the molecule is Cc1cc(NC(=O)Nc2cc(Cl)cc(Cl)c2)no1. The molecule has 0 aliphatic rings. The smallest absolute Gasteiger partial charge is 0.324 e. The van der Waals surface area contributed by atoms with Gasteiger partial charge < -0.3 is 9.84 Å². The molecule has 18 heavy (non-hydrogen) atoms. The highest BCUT2D eigenvalue weighted by atomic mass is 35.5. The molecule has 2 N–H and O–H groups in total. The van der Waals surface area contributed by atoms with Crippen molar-refractivity contribution >= 4 is 40.7 Å². The van der Waals surface area contributed by atoms with Crippen molar-refractivity contribution in [2.24, 2.45) is 0 Å². The van der Waals surface area contributed by atoms with Crippen molar-refractivity contribution in [1.82, 2.24) is 5.16 Å². The highest BCUT2D eigenvalue weighted by Crippen LogP contribution is 2.22. The number of hydrogen-bond donors (Lipinski definition) is 2. The van der Waals surface area contributed by atoms with Crippen molar-refractivity contribution in [2.75, 3.05) is 10.6 Å². The highest BCUT2D eigenvalue weighted by Gasteiger charge is 2.07. The molecule has 0 atom stereocenters. The van der Waals surface area contributed by atoms with Crippen LogP contribution in [0.1, 0.15) is 5.76 Å². The number of nitrogens with one attached hydrogen (secondary N) is 2. The van der Waals surface area contributed by atoms with Crippen LogP contribution >= 0.6 is 23.2 Å². The number of carbonyl (C=O) groups is 1. The fourth-order valence-corrected chi connectivity index (χ4v) is 1.86. The first kappa shape index (κ1) is 12.7. The van der Waals surface area contributed by atoms with Gasteiger partial charge in [-0.15, -0.1) is 0 Å². The van der Waals surface area contributed by atoms with Crippen LogP contribution in [0.4, 0.5) is 16.3 Å². The Balaban J connectivity index is 2.02. The average Bonchev–Trinajstić information content (AvgIpc) is 2.61. The van der Waals surface area contributed by atoms with Crippen molar-refractivity contribution in [1.29, 1.82) is 0 Å². The molecule has 2 rings (SSSR count). The van der Waals surface area contributed by atoms with Gasteiger partial charge in [-0.1, -0.05) is 28.4 Å². The van der Waals surface area contributed by atoms with Crippen LogP contribution in [0.15, 0.2) is 28.8 Å². The predicted octanol–water partition coefficient (Wildman–Crippen LogP) is 3.93. The molecule has 1 aromatic heterocycles. The van der Waals surface area contributed by atoms with Gasteiger partial charge in [0, 0.05) is 21.8 Å². The van der Waals surface area contributed by atoms with Gasteiger partial charge in [0.2, 0.25) is 0 Å². The van der Waals surface area contributed by atoms with Gasteiger partial charge in [0.25, 0.3) is 0 Å². The monoisotopic (exact) mass is 285 g/mol. The van der Waals surface area contributed by atoms with Crippen LogP contribution in [0, 0.1) is 6.92 Å². The standard InChI is InChI=1S/C11H9Cl2N3O2/c1-6-2-10(16-18-6)15-11(17)14-9-4-7(12)3-8(13)5-9/h2-5H,1H3,(H2,14,15,16,17). The van der Waals surface area contributed by atoms with Gasteiger partial charge in [-0.05, 0) is 25.1 Å². The van der Waals surface area contributed by atoms with Crippen LogP contribution < -0.4 is 10.6 Å². The molecule has 5 nitrogen and oxygen atoms in total. The maximum atomic E-state index is 11.6. The second-order valence-corrected chi connectivity index (χ2v) is 4.43. The summed E-state index contributed by atoms with van der Waals surface area (Å²) >= 11 is 11.6. The number of hydrogen-bond acceptors (Lipinski definition) is 3. The summed E-state index contributed by atoms with van der Waals surface area (Å²) in [6.07, 6.45) is 0. The zero-order valence-electron chi connectivity index (χ0n) is 9.33. The van der Waals surface area contributed by atoms with Gasteiger partial charge in [-0.3, -0.25) is 5.32 Å². The zero-order valence-corrected chi connectivity index (χ0v) is 10.8. The summed E-state index contributed by atoms with van der Waals surface area (Å²) in [6.45, 7) is 1.73. The normalized spacial score (nSPS) is 10.2. The van der Waals surface area contributed by atoms with Crippen LogP contribution in [-0.2, 0) is 0 Å². The lowest BCUT2D eigenvalue weighted by atomic mass is 10.3. The third-order valence-corrected chi connectivity index (χ3v) is 2.43. The van der Waals surface area contributed by atoms with Gasteiger partial charge in [0.05, 0.1) is 0 Å². The van der Waals surface area contributed by atoms with E-state index in [2.05, 4.69) is 15.8 Å². The molecular formula is C11H9Cl2N3O2. The molecule has 7 heteroatoms. The van der Waals surface area contributed by atoms with E-state index in [-0.39, 0.29) is 0 Å². The Hall–Kier alpha value is -1.72. The molecule has 0 aliphatic heterocycles. The molecule has 94 valence electrons. The molecule has 1 aromatic carbocycles. The van der Waals surface area contributed by atoms with Crippen molar-refractivity contribution in [2.45, 2.75) is 6.92 Å². The van der Waals surface area contributed by atoms with Crippen LogP contribution in [0.25, 0.3) is 0 Å². The number of anilines is 2. The van der Waals surface area contributed by atoms with Gasteiger partial charge in [-0.25, -0.2) is 4.79 Å². The number of aromatic nitrogens is 1. The van der Waals surface area contributed by atoms with E-state index in [4.69, 9.17) is 27.7 Å². The van der Waals surface area contributed by atoms with E-state index >= 15 is 0 Å². The van der Waals surface area contributed by atoms with Crippen LogP contribution in [0.3, 0.4) is 0 Å². The molecule has 0 saturated carbocycles. The maximum Gasteiger partial charge on any atom is 0.324 e. The number of aryl methyl sites for hydroxylation is 1. The minimum Gasteiger partial charge on any atom is -0.360 e. The van der Waals surface area contributed by atoms with Crippen LogP contribution in [0.2, 0.25) is 10.0 Å². The van der Waals surface area contributed by atoms with Crippen LogP contribution in [0.5, 0.6) is 0 Å². The second kappa shape index (κ2) is 5.29. The largest absolute Gasteiger partial charge is 0.360 e. The molecule has 0 spiro atoms. The third kappa shape index (κ3) is 3.38. The molecule has 0 saturated heterocycles. The molecular weight excluding hydrogens is 277 g/mol. The fourth-order valence-electron chi connectivity index (χ4n) is 1.33. The molecule has 1 heterocycles. The lowest BCUT2D eigenvalue weighted by Crippen LogP contribution is -2.19. The Morgan fingerprint density at radius 3 is 2.39 bits per heavy atom. The molecule has 2 amide bonds. The van der Waals surface area contributed by atoms with Crippen molar-refractivity contribution < 1.29 is 9.32 Å². The minimum absolute atomic E-state index is 0.332. The number of amides is 2. The summed E-state index contributed by atoms with van der Waals surface area (Å²) in [5.41, 5.74) is 0.491. The van der Waals surface area contributed by atoms with Gasteiger partial charge in [-0.2, -0.15) is 0 Å². The summed E-state index contributed by atoms with van der Waals surface area (Å²) in [7, 11) is 0. The van der Waals surface area contributed by atoms with Gasteiger partial charge in [0.1, 0.15) is 5.76 Å². The minimum atomic E-state index is -0.457. The number of carbonyl (C=O) groups excluding carboxylic acids is 1. The van der Waals surface area contributed by atoms with Crippen molar-refractivity contribution in [3.8, 4) is 0 Å². The average molecular weight is 286 g/mol. The first-order valence-corrected chi connectivity index (χ1v) is 5.76. The molecule has 0 aliphatic carbocycles. The van der Waals surface area contributed by atoms with E-state index in [9.17, 15) is 4.79 Å². The van der Waals surface area contributed by atoms with Gasteiger partial charge >= 0.3 is 6.03 Å². The number of halogens is 2. The molecule has 0 unspecified atom stereocenters. The quantitative estimate of drug-likeness (QED) is 0.878. The van der Waals surface area contributed by atoms with Crippen molar-refractivity contribution in [3.63, 3.8) is 0 Å². The summed E-state index contributed by atoms with van der Waals surface area (Å²) < 4.78 is 4.82. The maximum absolute atomic E-state index is 11.6. The van der Waals surface area contributed by atoms with Gasteiger partial charge in [0.15, 0.2) is 5.82 Å². The van der Waals surface area contributed by atoms with E-state index in [1.165, 1.54) is 0 Å². The molecule has 0 bridgehead atoms. The predicted molar refractivity (Wildman–Crippen MR) is 70.3 cm³/mol. The Labute approximate surface area is 113 Å². The zero-order chi connectivity index (χ0) is 13.1. The lowest BCUT2D eigenvalue weighted by Gasteiger charge is -2.06. The van der Waals surface area contributed by atoms with Crippen LogP contribution in [-0.4, -0.2) is 11.2 Å². The van der Waals surface area contributed by atoms with Crippen molar-refractivity contribution in [3.05, 3.63) is 40.1 Å².